The molecule has 6 aliphatic heterocycles. The SMILES string of the molecule is COc1cc(N2CCC3(CC2)CC(CN2CCN4c5cc6c(cc5OCC4C2)C(=O)N([C@H]2CCC(=O)NC2=O)C6)CO3)ccc1[C@@H]1CCCc2cc(O)ccc21. The van der Waals surface area contributed by atoms with Crippen molar-refractivity contribution < 1.29 is 33.7 Å². The maximum Gasteiger partial charge on any atom is 0.255 e. The summed E-state index contributed by atoms with van der Waals surface area (Å²) in [5, 5.41) is 12.4. The molecule has 4 fully saturated rings. The highest BCUT2D eigenvalue weighted by Gasteiger charge is 2.45. The molecule has 4 saturated heterocycles. The lowest BCUT2D eigenvalue weighted by atomic mass is 9.78. The van der Waals surface area contributed by atoms with Gasteiger partial charge in [0.05, 0.1) is 31.0 Å². The Labute approximate surface area is 327 Å². The van der Waals surface area contributed by atoms with Gasteiger partial charge in [-0.05, 0) is 97.9 Å². The van der Waals surface area contributed by atoms with Crippen molar-refractivity contribution in [1.29, 1.82) is 0 Å². The first-order valence-electron chi connectivity index (χ1n) is 20.6. The van der Waals surface area contributed by atoms with E-state index >= 15 is 0 Å². The monoisotopic (exact) mass is 761 g/mol. The zero-order valence-electron chi connectivity index (χ0n) is 32.1. The van der Waals surface area contributed by atoms with Crippen LogP contribution < -0.4 is 24.6 Å². The number of fused-ring (bicyclic) bond motifs is 5. The fourth-order valence-corrected chi connectivity index (χ4v) is 10.9. The molecule has 0 aromatic heterocycles. The van der Waals surface area contributed by atoms with E-state index < -0.39 is 11.9 Å². The van der Waals surface area contributed by atoms with Crippen LogP contribution in [0, 0.1) is 5.92 Å². The minimum absolute atomic E-state index is 0.0587. The number of rotatable bonds is 6. The molecular formula is C44H51N5O7. The van der Waals surface area contributed by atoms with Crippen molar-refractivity contribution in [2.45, 2.75) is 81.5 Å². The minimum atomic E-state index is -0.626. The van der Waals surface area contributed by atoms with Crippen molar-refractivity contribution in [3.05, 3.63) is 76.3 Å². The normalized spacial score (nSPS) is 27.0. The molecule has 56 heavy (non-hydrogen) atoms. The summed E-state index contributed by atoms with van der Waals surface area (Å²) in [6, 6.07) is 16.1. The van der Waals surface area contributed by atoms with E-state index in [1.54, 1.807) is 18.1 Å². The molecule has 2 N–H and O–H groups in total. The highest BCUT2D eigenvalue weighted by Crippen LogP contribution is 2.45. The van der Waals surface area contributed by atoms with Crippen LogP contribution in [0.5, 0.6) is 17.2 Å². The van der Waals surface area contributed by atoms with Gasteiger partial charge in [-0.25, -0.2) is 0 Å². The second kappa shape index (κ2) is 14.0. The van der Waals surface area contributed by atoms with Crippen LogP contribution in [0.2, 0.25) is 0 Å². The van der Waals surface area contributed by atoms with Gasteiger partial charge in [-0.15, -0.1) is 0 Å². The smallest absolute Gasteiger partial charge is 0.255 e. The van der Waals surface area contributed by atoms with Gasteiger partial charge in [-0.1, -0.05) is 12.1 Å². The highest BCUT2D eigenvalue weighted by molar-refractivity contribution is 6.06. The maximum absolute atomic E-state index is 13.4. The topological polar surface area (TPSA) is 124 Å². The van der Waals surface area contributed by atoms with Crippen molar-refractivity contribution in [1.82, 2.24) is 15.1 Å². The van der Waals surface area contributed by atoms with Crippen molar-refractivity contribution >= 4 is 29.1 Å². The second-order valence-electron chi connectivity index (χ2n) is 17.1. The number of carbonyl (C=O) groups excluding carboxylic acids is 3. The lowest BCUT2D eigenvalue weighted by Crippen LogP contribution is -2.58. The molecule has 0 bridgehead atoms. The first kappa shape index (κ1) is 35.6. The second-order valence-corrected chi connectivity index (χ2v) is 17.1. The molecule has 6 heterocycles. The maximum atomic E-state index is 13.4. The third-order valence-corrected chi connectivity index (χ3v) is 13.8. The van der Waals surface area contributed by atoms with Crippen LogP contribution in [0.15, 0.2) is 48.5 Å². The number of nitrogens with one attached hydrogen (secondary N) is 1. The quantitative estimate of drug-likeness (QED) is 0.345. The highest BCUT2D eigenvalue weighted by atomic mass is 16.5. The van der Waals surface area contributed by atoms with Crippen molar-refractivity contribution in [3.8, 4) is 17.2 Å². The Bertz CT molecular complexity index is 2080. The Hall–Kier alpha value is -4.81. The summed E-state index contributed by atoms with van der Waals surface area (Å²) in [6.45, 7) is 7.43. The predicted octanol–water partition coefficient (Wildman–Crippen LogP) is 4.59. The lowest BCUT2D eigenvalue weighted by molar-refractivity contribution is -0.136. The number of amides is 3. The molecule has 3 aromatic rings. The number of hydrogen-bond donors (Lipinski definition) is 2. The van der Waals surface area contributed by atoms with Gasteiger partial charge in [-0.3, -0.25) is 24.6 Å². The number of carbonyl (C=O) groups is 3. The summed E-state index contributed by atoms with van der Waals surface area (Å²) in [7, 11) is 1.77. The molecule has 294 valence electrons. The summed E-state index contributed by atoms with van der Waals surface area (Å²) in [5.74, 6) is 1.93. The number of nitrogens with zero attached hydrogens (tertiary/aromatic N) is 4. The van der Waals surface area contributed by atoms with E-state index in [1.165, 1.54) is 22.4 Å². The van der Waals surface area contributed by atoms with Gasteiger partial charge in [0, 0.05) is 81.0 Å². The number of anilines is 2. The Morgan fingerprint density at radius 1 is 0.911 bits per heavy atom. The fraction of sp³-hybridized carbons (Fsp3) is 0.523. The van der Waals surface area contributed by atoms with Crippen molar-refractivity contribution in [3.63, 3.8) is 0 Å². The molecule has 10 rings (SSSR count). The van der Waals surface area contributed by atoms with Gasteiger partial charge in [0.15, 0.2) is 0 Å². The fourth-order valence-electron chi connectivity index (χ4n) is 10.9. The molecule has 2 unspecified atom stereocenters. The number of piperazine rings is 1. The van der Waals surface area contributed by atoms with E-state index in [-0.39, 0.29) is 35.8 Å². The molecule has 12 heteroatoms. The summed E-state index contributed by atoms with van der Waals surface area (Å²) in [6.07, 6.45) is 6.90. The summed E-state index contributed by atoms with van der Waals surface area (Å²) in [4.78, 5) is 46.8. The number of aromatic hydroxyl groups is 1. The lowest BCUT2D eigenvalue weighted by Gasteiger charge is -2.46. The minimum Gasteiger partial charge on any atom is -0.508 e. The number of benzene rings is 3. The molecule has 0 saturated carbocycles. The van der Waals surface area contributed by atoms with E-state index in [0.29, 0.717) is 36.8 Å². The number of ether oxygens (including phenoxy) is 3. The van der Waals surface area contributed by atoms with E-state index in [4.69, 9.17) is 14.2 Å². The van der Waals surface area contributed by atoms with Crippen LogP contribution in [0.1, 0.15) is 83.5 Å². The Balaban J connectivity index is 0.741. The van der Waals surface area contributed by atoms with E-state index in [2.05, 4.69) is 50.3 Å². The van der Waals surface area contributed by atoms with Crippen LogP contribution in [0.25, 0.3) is 0 Å². The number of phenols is 1. The number of aryl methyl sites for hydroxylation is 1. The molecule has 1 spiro atoms. The Kier molecular flexibility index (Phi) is 8.89. The van der Waals surface area contributed by atoms with Crippen molar-refractivity contribution in [2.24, 2.45) is 5.92 Å². The Morgan fingerprint density at radius 2 is 1.77 bits per heavy atom. The molecule has 4 atom stereocenters. The van der Waals surface area contributed by atoms with E-state index in [0.717, 1.165) is 107 Å². The number of piperidine rings is 2. The van der Waals surface area contributed by atoms with Crippen LogP contribution in [-0.4, -0.2) is 110 Å². The van der Waals surface area contributed by atoms with Gasteiger partial charge in [0.1, 0.15) is 29.9 Å². The molecule has 1 aliphatic carbocycles. The van der Waals surface area contributed by atoms with E-state index in [9.17, 15) is 19.5 Å². The largest absolute Gasteiger partial charge is 0.508 e. The molecular weight excluding hydrogens is 711 g/mol. The molecule has 3 amide bonds. The van der Waals surface area contributed by atoms with Gasteiger partial charge < -0.3 is 34.0 Å². The number of methoxy groups -OCH3 is 1. The third-order valence-electron chi connectivity index (χ3n) is 13.8. The Morgan fingerprint density at radius 3 is 2.61 bits per heavy atom. The van der Waals surface area contributed by atoms with Crippen LogP contribution in [-0.2, 0) is 27.3 Å². The average Bonchev–Trinajstić information content (AvgIpc) is 3.75. The molecule has 12 nitrogen and oxygen atoms in total. The predicted molar refractivity (Wildman–Crippen MR) is 210 cm³/mol. The first-order valence-corrected chi connectivity index (χ1v) is 20.6. The average molecular weight is 762 g/mol. The molecule has 3 aromatic carbocycles. The van der Waals surface area contributed by atoms with Gasteiger partial charge >= 0.3 is 0 Å². The zero-order valence-corrected chi connectivity index (χ0v) is 32.1. The zero-order chi connectivity index (χ0) is 38.1. The first-order chi connectivity index (χ1) is 27.2. The standard InChI is InChI=1S/C44H51N5O7/c1-54-39-19-30(5-7-35(39)34-4-2-3-28-17-32(50)6-8-33(28)34)47-13-11-44(12-14-47)21-27(25-56-44)22-46-15-16-48-31(24-46)26-55-40-20-36-29(18-38(40)48)23-49(43(36)53)37-9-10-41(51)45-42(37)52/h5-8,17-20,27,31,34,37,50H,2-4,9-16,21-26H2,1H3,(H,45,51,52)/t27?,31?,34-,37+/m1/s1. The van der Waals surface area contributed by atoms with Crippen LogP contribution >= 0.6 is 0 Å². The van der Waals surface area contributed by atoms with Crippen molar-refractivity contribution in [2.75, 3.05) is 69.4 Å². The van der Waals surface area contributed by atoms with Gasteiger partial charge in [0.25, 0.3) is 5.91 Å². The molecule has 7 aliphatic rings. The number of hydrogen-bond acceptors (Lipinski definition) is 10. The van der Waals surface area contributed by atoms with Gasteiger partial charge in [-0.2, -0.15) is 0 Å². The van der Waals surface area contributed by atoms with E-state index in [1.807, 2.05) is 12.1 Å². The molecule has 0 radical (unpaired) electrons. The number of imide groups is 1. The number of phenolic OH excluding ortho intramolecular Hbond substituents is 1. The summed E-state index contributed by atoms with van der Waals surface area (Å²) >= 11 is 0. The summed E-state index contributed by atoms with van der Waals surface area (Å²) in [5.41, 5.74) is 7.44. The summed E-state index contributed by atoms with van der Waals surface area (Å²) < 4.78 is 19.0. The van der Waals surface area contributed by atoms with Crippen LogP contribution in [0.3, 0.4) is 0 Å². The van der Waals surface area contributed by atoms with Crippen LogP contribution in [0.4, 0.5) is 11.4 Å². The third kappa shape index (κ3) is 6.25. The van der Waals surface area contributed by atoms with Gasteiger partial charge in [0.2, 0.25) is 11.8 Å².